The van der Waals surface area contributed by atoms with Gasteiger partial charge in [-0.15, -0.1) is 0 Å². The Kier molecular flexibility index (Phi) is 5.57. The van der Waals surface area contributed by atoms with Crippen LogP contribution in [-0.4, -0.2) is 35.6 Å². The summed E-state index contributed by atoms with van der Waals surface area (Å²) in [4.78, 5) is 7.13. The van der Waals surface area contributed by atoms with E-state index < -0.39 is 0 Å². The molecule has 0 atom stereocenters. The average Bonchev–Trinajstić information content (AvgIpc) is 2.61. The van der Waals surface area contributed by atoms with Gasteiger partial charge in [0.2, 0.25) is 0 Å². The van der Waals surface area contributed by atoms with Gasteiger partial charge in [0, 0.05) is 25.3 Å². The molecular formula is C19H25N3. The predicted octanol–water partition coefficient (Wildman–Crippen LogP) is 2.88. The van der Waals surface area contributed by atoms with Crippen LogP contribution in [0.3, 0.4) is 0 Å². The van der Waals surface area contributed by atoms with Crippen molar-refractivity contribution >= 4 is 0 Å². The first kappa shape index (κ1) is 15.2. The van der Waals surface area contributed by atoms with Crippen LogP contribution in [0.4, 0.5) is 0 Å². The number of pyridine rings is 1. The number of rotatable bonds is 6. The quantitative estimate of drug-likeness (QED) is 0.888. The maximum Gasteiger partial charge on any atom is 0.0544 e. The first-order valence-electron chi connectivity index (χ1n) is 8.30. The van der Waals surface area contributed by atoms with E-state index in [4.69, 9.17) is 0 Å². The van der Waals surface area contributed by atoms with E-state index in [9.17, 15) is 0 Å². The van der Waals surface area contributed by atoms with Crippen molar-refractivity contribution in [1.82, 2.24) is 15.2 Å². The monoisotopic (exact) mass is 295 g/mol. The third-order valence-corrected chi connectivity index (χ3v) is 4.45. The highest BCUT2D eigenvalue weighted by atomic mass is 15.2. The van der Waals surface area contributed by atoms with Gasteiger partial charge >= 0.3 is 0 Å². The second-order valence-electron chi connectivity index (χ2n) is 6.01. The van der Waals surface area contributed by atoms with E-state index in [1.165, 1.54) is 24.1 Å². The zero-order valence-corrected chi connectivity index (χ0v) is 13.1. The molecule has 3 rings (SSSR count). The summed E-state index contributed by atoms with van der Waals surface area (Å²) in [5.41, 5.74) is 2.59. The summed E-state index contributed by atoms with van der Waals surface area (Å²) in [5.74, 6) is 0. The second kappa shape index (κ2) is 8.06. The van der Waals surface area contributed by atoms with E-state index in [2.05, 4.69) is 57.7 Å². The van der Waals surface area contributed by atoms with Crippen molar-refractivity contribution in [3.8, 4) is 0 Å². The molecule has 1 aliphatic rings. The molecule has 22 heavy (non-hydrogen) atoms. The molecule has 1 fully saturated rings. The molecule has 3 heteroatoms. The molecule has 0 radical (unpaired) electrons. The van der Waals surface area contributed by atoms with Gasteiger partial charge in [-0.1, -0.05) is 36.4 Å². The molecule has 1 saturated heterocycles. The molecule has 2 heterocycles. The van der Waals surface area contributed by atoms with Gasteiger partial charge < -0.3 is 5.32 Å². The Balaban J connectivity index is 1.65. The van der Waals surface area contributed by atoms with Gasteiger partial charge in [0.15, 0.2) is 0 Å². The molecule has 0 unspecified atom stereocenters. The molecule has 2 aromatic rings. The highest BCUT2D eigenvalue weighted by Gasteiger charge is 2.21. The van der Waals surface area contributed by atoms with Crippen molar-refractivity contribution < 1.29 is 0 Å². The van der Waals surface area contributed by atoms with E-state index in [0.717, 1.165) is 32.6 Å². The first-order chi connectivity index (χ1) is 10.9. The molecule has 3 nitrogen and oxygen atoms in total. The van der Waals surface area contributed by atoms with Gasteiger partial charge in [-0.25, -0.2) is 0 Å². The fourth-order valence-corrected chi connectivity index (χ4v) is 3.18. The summed E-state index contributed by atoms with van der Waals surface area (Å²) < 4.78 is 0. The van der Waals surface area contributed by atoms with Crippen LogP contribution in [0.1, 0.15) is 24.1 Å². The predicted molar refractivity (Wildman–Crippen MR) is 90.7 cm³/mol. The topological polar surface area (TPSA) is 28.2 Å². The molecule has 0 amide bonds. The zero-order chi connectivity index (χ0) is 15.0. The lowest BCUT2D eigenvalue weighted by Gasteiger charge is -2.34. The SMILES string of the molecule is c1ccc(CCN(Cc2ccccn2)C2CCNCC2)cc1. The van der Waals surface area contributed by atoms with Gasteiger partial charge in [0.05, 0.1) is 5.69 Å². The van der Waals surface area contributed by atoms with Crippen LogP contribution in [0.5, 0.6) is 0 Å². The van der Waals surface area contributed by atoms with E-state index in [1.807, 2.05) is 12.3 Å². The number of nitrogens with zero attached hydrogens (tertiary/aromatic N) is 2. The number of hydrogen-bond acceptors (Lipinski definition) is 3. The van der Waals surface area contributed by atoms with Crippen LogP contribution >= 0.6 is 0 Å². The molecular weight excluding hydrogens is 270 g/mol. The maximum atomic E-state index is 4.51. The molecule has 0 bridgehead atoms. The van der Waals surface area contributed by atoms with Gasteiger partial charge in [-0.2, -0.15) is 0 Å². The van der Waals surface area contributed by atoms with Crippen LogP contribution < -0.4 is 5.32 Å². The minimum atomic E-state index is 0.673. The third kappa shape index (κ3) is 4.39. The number of piperidine rings is 1. The van der Waals surface area contributed by atoms with Crippen molar-refractivity contribution in [2.75, 3.05) is 19.6 Å². The Labute approximate surface area is 133 Å². The smallest absolute Gasteiger partial charge is 0.0544 e. The molecule has 1 aliphatic heterocycles. The number of nitrogens with one attached hydrogen (secondary N) is 1. The summed E-state index contributed by atoms with van der Waals surface area (Å²) in [6, 6.07) is 17.7. The van der Waals surface area contributed by atoms with Gasteiger partial charge in [0.25, 0.3) is 0 Å². The highest BCUT2D eigenvalue weighted by Crippen LogP contribution is 2.16. The van der Waals surface area contributed by atoms with Crippen molar-refractivity contribution in [2.45, 2.75) is 31.8 Å². The number of hydrogen-bond donors (Lipinski definition) is 1. The Bertz CT molecular complexity index is 535. The minimum absolute atomic E-state index is 0.673. The molecule has 116 valence electrons. The fraction of sp³-hybridized carbons (Fsp3) is 0.421. The largest absolute Gasteiger partial charge is 0.317 e. The Hall–Kier alpha value is -1.71. The van der Waals surface area contributed by atoms with E-state index in [-0.39, 0.29) is 0 Å². The normalized spacial score (nSPS) is 16.0. The van der Waals surface area contributed by atoms with Gasteiger partial charge in [-0.05, 0) is 50.0 Å². The zero-order valence-electron chi connectivity index (χ0n) is 13.1. The molecule has 1 N–H and O–H groups in total. The van der Waals surface area contributed by atoms with Crippen molar-refractivity contribution in [3.05, 3.63) is 66.0 Å². The lowest BCUT2D eigenvalue weighted by Crippen LogP contribution is -2.43. The van der Waals surface area contributed by atoms with Gasteiger partial charge in [-0.3, -0.25) is 9.88 Å². The lowest BCUT2D eigenvalue weighted by atomic mass is 10.0. The molecule has 0 saturated carbocycles. The average molecular weight is 295 g/mol. The Morgan fingerprint density at radius 2 is 1.77 bits per heavy atom. The second-order valence-corrected chi connectivity index (χ2v) is 6.01. The van der Waals surface area contributed by atoms with Crippen molar-refractivity contribution in [2.24, 2.45) is 0 Å². The summed E-state index contributed by atoms with van der Waals surface area (Å²) in [6.45, 7) is 4.33. The Morgan fingerprint density at radius 1 is 1.00 bits per heavy atom. The standard InChI is InChI=1S/C19H25N3/c1-2-6-17(7-3-1)11-15-22(19-9-13-20-14-10-19)16-18-8-4-5-12-21-18/h1-8,12,19-20H,9-11,13-16H2. The molecule has 1 aromatic heterocycles. The lowest BCUT2D eigenvalue weighted by molar-refractivity contribution is 0.154. The van der Waals surface area contributed by atoms with Crippen LogP contribution in [0.2, 0.25) is 0 Å². The van der Waals surface area contributed by atoms with Crippen LogP contribution in [0.25, 0.3) is 0 Å². The van der Waals surface area contributed by atoms with Crippen LogP contribution in [-0.2, 0) is 13.0 Å². The summed E-state index contributed by atoms with van der Waals surface area (Å²) in [6.07, 6.45) is 5.48. The molecule has 0 aliphatic carbocycles. The highest BCUT2D eigenvalue weighted by molar-refractivity contribution is 5.15. The fourth-order valence-electron chi connectivity index (χ4n) is 3.18. The van der Waals surface area contributed by atoms with Crippen LogP contribution in [0, 0.1) is 0 Å². The minimum Gasteiger partial charge on any atom is -0.317 e. The third-order valence-electron chi connectivity index (χ3n) is 4.45. The van der Waals surface area contributed by atoms with Gasteiger partial charge in [0.1, 0.15) is 0 Å². The maximum absolute atomic E-state index is 4.51. The van der Waals surface area contributed by atoms with Crippen LogP contribution in [0.15, 0.2) is 54.7 Å². The molecule has 0 spiro atoms. The van der Waals surface area contributed by atoms with E-state index >= 15 is 0 Å². The number of aromatic nitrogens is 1. The summed E-state index contributed by atoms with van der Waals surface area (Å²) in [5, 5.41) is 3.46. The van der Waals surface area contributed by atoms with Crippen molar-refractivity contribution in [1.29, 1.82) is 0 Å². The molecule has 1 aromatic carbocycles. The van der Waals surface area contributed by atoms with E-state index in [0.29, 0.717) is 6.04 Å². The first-order valence-corrected chi connectivity index (χ1v) is 8.30. The van der Waals surface area contributed by atoms with E-state index in [1.54, 1.807) is 0 Å². The van der Waals surface area contributed by atoms with Crippen molar-refractivity contribution in [3.63, 3.8) is 0 Å². The number of benzene rings is 1. The summed E-state index contributed by atoms with van der Waals surface area (Å²) >= 11 is 0. The summed E-state index contributed by atoms with van der Waals surface area (Å²) in [7, 11) is 0. The Morgan fingerprint density at radius 3 is 2.50 bits per heavy atom.